The van der Waals surface area contributed by atoms with Crippen LogP contribution in [0.15, 0.2) is 463 Å². The highest BCUT2D eigenvalue weighted by atomic mass is 32.2. The van der Waals surface area contributed by atoms with Crippen molar-refractivity contribution < 1.29 is 84.3 Å². The maximum atomic E-state index is 13.9. The molecule has 9 aliphatic rings. The van der Waals surface area contributed by atoms with Crippen LogP contribution in [0.2, 0.25) is 0 Å². The van der Waals surface area contributed by atoms with Gasteiger partial charge in [-0.1, -0.05) is 309 Å². The van der Waals surface area contributed by atoms with Crippen molar-refractivity contribution in [3.8, 4) is 0 Å². The molecule has 25 heteroatoms. The number of benzene rings is 15. The molecule has 0 N–H and O–H groups in total. The lowest BCUT2D eigenvalue weighted by Crippen LogP contribution is -2.40. The molecule has 0 radical (unpaired) electrons. The first-order valence-corrected chi connectivity index (χ1v) is 52.5. The van der Waals surface area contributed by atoms with Crippen molar-refractivity contribution >= 4 is 75.0 Å². The molecule has 0 aliphatic heterocycles. The predicted octanol–water partition coefficient (Wildman–Crippen LogP) is 24.9. The number of hydrogen-bond acceptors (Lipinski definition) is 13. The van der Waals surface area contributed by atoms with Crippen molar-refractivity contribution in [3.05, 3.63) is 485 Å². The SMILES string of the molecule is O=C(OCC(F)(F)S(=O)(=O)[O-])C1CC2c3ccccc3C1c1ccccc12.O=C(OCCCC(F)(F)S(=O)(=O)[O-])C1CC2c3ccccc3C1c1ccccc12.O=S(=O)([O-])C(F)(F)CC1CC2c3ccccc3C1c1ccccc12.c1ccc([S+](c2ccccc2)c2ccccc2)cc1.c1ccc([S+](c2ccccc2)c2ccccc2)cc1.c1ccc([S+](c2ccccc2)c2ccccc2)cc1. The fraction of sp³-hybridized carbons (Fsp3) is 0.179. The van der Waals surface area contributed by atoms with Gasteiger partial charge in [0, 0.05) is 48.3 Å². The van der Waals surface area contributed by atoms with E-state index < -0.39 is 102 Å². The third-order valence-corrected chi connectivity index (χ3v) is 34.7. The van der Waals surface area contributed by atoms with Gasteiger partial charge < -0.3 is 23.1 Å². The molecule has 13 nitrogen and oxygen atoms in total. The fourth-order valence-electron chi connectivity index (χ4n) is 19.4. The predicted molar refractivity (Wildman–Crippen MR) is 518 cm³/mol. The maximum absolute atomic E-state index is 13.9. The van der Waals surface area contributed by atoms with E-state index in [1.54, 1.807) is 0 Å². The van der Waals surface area contributed by atoms with Gasteiger partial charge in [0.2, 0.25) is 0 Å². The minimum absolute atomic E-state index is 0.0146. The first-order valence-electron chi connectivity index (χ1n) is 44.6. The van der Waals surface area contributed by atoms with Gasteiger partial charge in [-0.15, -0.1) is 0 Å². The van der Waals surface area contributed by atoms with Gasteiger partial charge in [0.05, 0.1) is 51.1 Å². The molecule has 698 valence electrons. The molecule has 0 spiro atoms. The summed E-state index contributed by atoms with van der Waals surface area (Å²) in [5, 5.41) is -13.2. The normalized spacial score (nSPS) is 18.2. The molecule has 0 saturated heterocycles. The molecular formula is C112H94F6O13S6. The summed E-state index contributed by atoms with van der Waals surface area (Å²) >= 11 is 0. The first-order chi connectivity index (χ1) is 66.1. The van der Waals surface area contributed by atoms with Gasteiger partial charge in [0.15, 0.2) is 81.0 Å². The molecule has 9 aliphatic carbocycles. The Hall–Kier alpha value is -12.4. The lowest BCUT2D eigenvalue weighted by molar-refractivity contribution is -0.156. The van der Waals surface area contributed by atoms with Crippen molar-refractivity contribution in [2.45, 2.75) is 134 Å². The summed E-state index contributed by atoms with van der Waals surface area (Å²) in [7, 11) is -17.3. The van der Waals surface area contributed by atoms with E-state index in [1.165, 1.54) is 55.2 Å². The largest absolute Gasteiger partial charge is 0.743 e. The van der Waals surface area contributed by atoms with Crippen LogP contribution in [0.1, 0.15) is 141 Å². The second-order valence-corrected chi connectivity index (χ2v) is 44.2. The van der Waals surface area contributed by atoms with Gasteiger partial charge >= 0.3 is 27.7 Å². The summed E-state index contributed by atoms with van der Waals surface area (Å²) in [6.45, 7) is -2.13. The smallest absolute Gasteiger partial charge is 0.367 e. The molecule has 15 aromatic carbocycles. The van der Waals surface area contributed by atoms with Crippen LogP contribution in [0, 0.1) is 17.8 Å². The average molecular weight is 1950 g/mol. The van der Waals surface area contributed by atoms with Gasteiger partial charge in [-0.3, -0.25) is 9.59 Å². The Morgan fingerprint density at radius 1 is 0.263 bits per heavy atom. The third kappa shape index (κ3) is 22.1. The Morgan fingerprint density at radius 2 is 0.460 bits per heavy atom. The van der Waals surface area contributed by atoms with Crippen LogP contribution in [0.5, 0.6) is 0 Å². The van der Waals surface area contributed by atoms with E-state index in [-0.39, 0.29) is 74.8 Å². The van der Waals surface area contributed by atoms with Gasteiger partial charge in [0.1, 0.15) is 0 Å². The topological polar surface area (TPSA) is 224 Å². The molecule has 3 unspecified atom stereocenters. The minimum atomic E-state index is -5.90. The van der Waals surface area contributed by atoms with Crippen molar-refractivity contribution in [1.82, 2.24) is 0 Å². The van der Waals surface area contributed by atoms with Gasteiger partial charge in [-0.25, -0.2) is 25.3 Å². The van der Waals surface area contributed by atoms with E-state index >= 15 is 0 Å². The number of fused-ring (bicyclic) bond motifs is 3. The number of carbonyl (C=O) groups is 2. The highest BCUT2D eigenvalue weighted by Gasteiger charge is 2.52. The number of hydrogen-bond donors (Lipinski definition) is 0. The van der Waals surface area contributed by atoms with Crippen LogP contribution in [0.3, 0.4) is 0 Å². The number of esters is 2. The molecule has 3 atom stereocenters. The zero-order valence-corrected chi connectivity index (χ0v) is 78.6. The number of rotatable bonds is 22. The Labute approximate surface area is 803 Å². The van der Waals surface area contributed by atoms with Crippen LogP contribution >= 0.6 is 0 Å². The fourth-order valence-corrected chi connectivity index (χ4v) is 26.7. The third-order valence-electron chi connectivity index (χ3n) is 25.3. The van der Waals surface area contributed by atoms with Gasteiger partial charge in [0.25, 0.3) is 0 Å². The Bertz CT molecular complexity index is 6300. The molecule has 0 amide bonds. The van der Waals surface area contributed by atoms with Crippen LogP contribution in [0.4, 0.5) is 26.3 Å². The molecule has 0 aromatic heterocycles. The van der Waals surface area contributed by atoms with Crippen molar-refractivity contribution in [2.24, 2.45) is 17.8 Å². The molecule has 15 aromatic rings. The van der Waals surface area contributed by atoms with E-state index in [0.717, 1.165) is 55.6 Å². The standard InChI is InChI=1S/C21H20F2O5S.C19H16F2O5S.C18H16F2O3S.3C18H15S/c22-21(23,29(25,26)27)10-5-11-28-20(24)18-12-17-13-6-1-3-8-15(13)19(18)16-9-4-2-7-14(16)17;20-19(21,27(23,24)25)10-26-18(22)16-9-15-11-5-1-3-7-13(11)17(16)14-8-4-2-6-12(14)15;19-18(20,24(21,22)23)10-11-9-16-12-5-1-3-7-14(12)17(11)15-8-4-2-6-13(15)16;3*1-4-10-16(11-5-1)19(17-12-6-2-7-13-17)18-14-8-3-9-15-18/h1-4,6-9,17-19H,5,10-12H2,(H,25,26,27);1-8,15-17H,9-10H2,(H,23,24,25);1-8,11,16-17H,9-10H2,(H,21,22,23);3*1-15H/q;;;3*+1/p-3. The van der Waals surface area contributed by atoms with Crippen molar-refractivity contribution in [3.63, 3.8) is 0 Å². The second kappa shape index (κ2) is 43.1. The summed E-state index contributed by atoms with van der Waals surface area (Å²) in [6.07, 6.45) is -1.12. The summed E-state index contributed by atoms with van der Waals surface area (Å²) in [4.78, 5) is 37.5. The molecule has 0 saturated carbocycles. The zero-order chi connectivity index (χ0) is 96.1. The number of ether oxygens (including phenoxy) is 2. The quantitative estimate of drug-likeness (QED) is 0.0203. The minimum Gasteiger partial charge on any atom is -0.743 e. The molecule has 0 fully saturated rings. The lowest BCUT2D eigenvalue weighted by atomic mass is 9.58. The van der Waals surface area contributed by atoms with E-state index in [1.807, 2.05) is 133 Å². The average Bonchev–Trinajstić information content (AvgIpc) is 0.726. The van der Waals surface area contributed by atoms with Crippen molar-refractivity contribution in [1.29, 1.82) is 0 Å². The zero-order valence-electron chi connectivity index (χ0n) is 73.7. The highest BCUT2D eigenvalue weighted by molar-refractivity contribution is 7.97. The van der Waals surface area contributed by atoms with E-state index in [9.17, 15) is 74.8 Å². The maximum Gasteiger partial charge on any atom is 0.367 e. The summed E-state index contributed by atoms with van der Waals surface area (Å²) in [6, 6.07) is 143. The molecule has 0 heterocycles. The first kappa shape index (κ1) is 97.7. The molecular weight excluding hydrogens is 1860 g/mol. The van der Waals surface area contributed by atoms with Crippen molar-refractivity contribution in [2.75, 3.05) is 13.2 Å². The number of halogens is 6. The van der Waals surface area contributed by atoms with Crippen LogP contribution in [0.25, 0.3) is 0 Å². The summed E-state index contributed by atoms with van der Waals surface area (Å²) < 4.78 is 187. The highest BCUT2D eigenvalue weighted by Crippen LogP contribution is 2.60. The Morgan fingerprint density at radius 3 is 0.686 bits per heavy atom. The van der Waals surface area contributed by atoms with E-state index in [2.05, 4.69) is 290 Å². The molecule has 24 rings (SSSR count). The lowest BCUT2D eigenvalue weighted by Gasteiger charge is -2.46. The number of carbonyl (C=O) groups excluding carboxylic acids is 2. The molecule has 137 heavy (non-hydrogen) atoms. The van der Waals surface area contributed by atoms with E-state index in [0.29, 0.717) is 19.3 Å². The Kier molecular flexibility index (Phi) is 30.7. The van der Waals surface area contributed by atoms with Crippen LogP contribution in [-0.2, 0) is 82.1 Å². The summed E-state index contributed by atoms with van der Waals surface area (Å²) in [5.74, 6) is -3.97. The monoisotopic (exact) mass is 1950 g/mol. The molecule has 6 bridgehead atoms. The Balaban J connectivity index is 0.000000120. The van der Waals surface area contributed by atoms with Gasteiger partial charge in [-0.2, -0.15) is 26.3 Å². The number of alkyl halides is 6. The van der Waals surface area contributed by atoms with Crippen LogP contribution in [-0.4, -0.2) is 79.8 Å². The van der Waals surface area contributed by atoms with Crippen LogP contribution < -0.4 is 0 Å². The summed E-state index contributed by atoms with van der Waals surface area (Å²) in [5.41, 5.74) is 12.8. The van der Waals surface area contributed by atoms with E-state index in [4.69, 9.17) is 4.74 Å². The second-order valence-electron chi connectivity index (χ2n) is 33.6. The van der Waals surface area contributed by atoms with Gasteiger partial charge in [-0.05, 0) is 208 Å².